The molecule has 1 aromatic rings. The van der Waals surface area contributed by atoms with Gasteiger partial charge in [-0.2, -0.15) is 0 Å². The predicted octanol–water partition coefficient (Wildman–Crippen LogP) is 2.11. The lowest BCUT2D eigenvalue weighted by Crippen LogP contribution is -2.31. The van der Waals surface area contributed by atoms with E-state index in [1.807, 2.05) is 32.0 Å². The van der Waals surface area contributed by atoms with E-state index in [4.69, 9.17) is 4.74 Å². The Hall–Kier alpha value is -2.04. The summed E-state index contributed by atoms with van der Waals surface area (Å²) in [7, 11) is 0. The molecule has 0 radical (unpaired) electrons. The summed E-state index contributed by atoms with van der Waals surface area (Å²) in [5.74, 6) is 0.775. The number of rotatable bonds is 6. The molecule has 0 saturated heterocycles. The molecular formula is C16H22N2O3. The van der Waals surface area contributed by atoms with Crippen molar-refractivity contribution in [3.8, 4) is 5.75 Å². The van der Waals surface area contributed by atoms with Crippen LogP contribution in [0.3, 0.4) is 0 Å². The first kappa shape index (κ1) is 15.4. The van der Waals surface area contributed by atoms with E-state index < -0.39 is 0 Å². The van der Waals surface area contributed by atoms with Gasteiger partial charge < -0.3 is 15.4 Å². The second-order valence-corrected chi connectivity index (χ2v) is 5.22. The average Bonchev–Trinajstić information content (AvgIpc) is 2.48. The highest BCUT2D eigenvalue weighted by atomic mass is 16.5. The number of hydrogen-bond donors (Lipinski definition) is 2. The third-order valence-corrected chi connectivity index (χ3v) is 3.75. The number of benzene rings is 1. The van der Waals surface area contributed by atoms with Gasteiger partial charge in [0.05, 0.1) is 5.69 Å². The van der Waals surface area contributed by atoms with Crippen molar-refractivity contribution in [1.82, 2.24) is 5.32 Å². The molecule has 1 aliphatic rings. The van der Waals surface area contributed by atoms with Gasteiger partial charge in [0, 0.05) is 12.5 Å². The van der Waals surface area contributed by atoms with Gasteiger partial charge in [0.2, 0.25) is 5.91 Å². The van der Waals surface area contributed by atoms with Crippen LogP contribution in [0.2, 0.25) is 0 Å². The summed E-state index contributed by atoms with van der Waals surface area (Å²) in [5.41, 5.74) is 1.76. The van der Waals surface area contributed by atoms with Crippen molar-refractivity contribution in [3.63, 3.8) is 0 Å². The van der Waals surface area contributed by atoms with E-state index in [2.05, 4.69) is 10.6 Å². The van der Waals surface area contributed by atoms with Crippen LogP contribution >= 0.6 is 0 Å². The van der Waals surface area contributed by atoms with Crippen LogP contribution in [0.1, 0.15) is 32.3 Å². The Morgan fingerprint density at radius 2 is 2.14 bits per heavy atom. The van der Waals surface area contributed by atoms with E-state index in [-0.39, 0.29) is 24.3 Å². The zero-order valence-electron chi connectivity index (χ0n) is 12.6. The number of fused-ring (bicyclic) bond motifs is 1. The van der Waals surface area contributed by atoms with Crippen molar-refractivity contribution in [2.24, 2.45) is 5.92 Å². The Morgan fingerprint density at radius 1 is 1.38 bits per heavy atom. The molecule has 0 aromatic heterocycles. The van der Waals surface area contributed by atoms with Gasteiger partial charge in [-0.1, -0.05) is 19.9 Å². The number of ether oxygens (including phenoxy) is 1. The lowest BCUT2D eigenvalue weighted by atomic mass is 10.0. The Labute approximate surface area is 125 Å². The van der Waals surface area contributed by atoms with Crippen molar-refractivity contribution in [1.29, 1.82) is 0 Å². The first-order valence-corrected chi connectivity index (χ1v) is 7.47. The third-order valence-electron chi connectivity index (χ3n) is 3.75. The average molecular weight is 290 g/mol. The molecule has 5 heteroatoms. The minimum absolute atomic E-state index is 0.0673. The molecule has 5 nitrogen and oxygen atoms in total. The summed E-state index contributed by atoms with van der Waals surface area (Å²) < 4.78 is 5.31. The Bertz CT molecular complexity index is 524. The largest absolute Gasteiger partial charge is 0.482 e. The smallest absolute Gasteiger partial charge is 0.262 e. The van der Waals surface area contributed by atoms with E-state index in [0.29, 0.717) is 18.0 Å². The van der Waals surface area contributed by atoms with Crippen LogP contribution in [0.15, 0.2) is 18.2 Å². The fourth-order valence-corrected chi connectivity index (χ4v) is 2.42. The molecule has 0 unspecified atom stereocenters. The van der Waals surface area contributed by atoms with Crippen molar-refractivity contribution < 1.29 is 14.3 Å². The lowest BCUT2D eigenvalue weighted by molar-refractivity contribution is -0.125. The summed E-state index contributed by atoms with van der Waals surface area (Å²) in [6.45, 7) is 4.72. The van der Waals surface area contributed by atoms with Gasteiger partial charge in [-0.15, -0.1) is 0 Å². The van der Waals surface area contributed by atoms with E-state index in [9.17, 15) is 9.59 Å². The molecular weight excluding hydrogens is 268 g/mol. The van der Waals surface area contributed by atoms with E-state index >= 15 is 0 Å². The van der Waals surface area contributed by atoms with Crippen LogP contribution < -0.4 is 15.4 Å². The number of nitrogens with one attached hydrogen (secondary N) is 2. The molecule has 0 fully saturated rings. The first-order chi connectivity index (χ1) is 10.1. The summed E-state index contributed by atoms with van der Waals surface area (Å²) in [6, 6.07) is 5.71. The Kier molecular flexibility index (Phi) is 5.20. The SMILES string of the molecule is CCC(CC)C(=O)NCCc1ccc2c(c1)NC(=O)CO2. The standard InChI is InChI=1S/C16H22N2O3/c1-3-12(4-2)16(20)17-8-7-11-5-6-14-13(9-11)18-15(19)10-21-14/h5-6,9,12H,3-4,7-8,10H2,1-2H3,(H,17,20)(H,18,19). The van der Waals surface area contributed by atoms with Gasteiger partial charge in [-0.05, 0) is 37.0 Å². The minimum Gasteiger partial charge on any atom is -0.482 e. The fourth-order valence-electron chi connectivity index (χ4n) is 2.42. The summed E-state index contributed by atoms with van der Waals surface area (Å²) in [5, 5.41) is 5.75. The molecule has 0 spiro atoms. The molecule has 2 N–H and O–H groups in total. The number of carbonyl (C=O) groups excluding carboxylic acids is 2. The molecule has 1 aromatic carbocycles. The number of amides is 2. The van der Waals surface area contributed by atoms with Crippen LogP contribution in [0.4, 0.5) is 5.69 Å². The molecule has 0 saturated carbocycles. The molecule has 21 heavy (non-hydrogen) atoms. The number of anilines is 1. The van der Waals surface area contributed by atoms with Crippen molar-refractivity contribution in [2.75, 3.05) is 18.5 Å². The van der Waals surface area contributed by atoms with Crippen molar-refractivity contribution >= 4 is 17.5 Å². The monoisotopic (exact) mass is 290 g/mol. The zero-order valence-corrected chi connectivity index (χ0v) is 12.6. The van der Waals surface area contributed by atoms with Gasteiger partial charge in [0.15, 0.2) is 6.61 Å². The zero-order chi connectivity index (χ0) is 15.2. The molecule has 2 amide bonds. The van der Waals surface area contributed by atoms with Crippen LogP contribution in [0, 0.1) is 5.92 Å². The molecule has 1 aliphatic heterocycles. The Balaban J connectivity index is 1.88. The Morgan fingerprint density at radius 3 is 2.86 bits per heavy atom. The third kappa shape index (κ3) is 3.97. The van der Waals surface area contributed by atoms with Gasteiger partial charge in [0.25, 0.3) is 5.91 Å². The lowest BCUT2D eigenvalue weighted by Gasteiger charge is -2.18. The highest BCUT2D eigenvalue weighted by Crippen LogP contribution is 2.28. The van der Waals surface area contributed by atoms with E-state index in [1.54, 1.807) is 0 Å². The van der Waals surface area contributed by atoms with Crippen LogP contribution in [0.25, 0.3) is 0 Å². The highest BCUT2D eigenvalue weighted by Gasteiger charge is 2.16. The summed E-state index contributed by atoms with van der Waals surface area (Å²) >= 11 is 0. The molecule has 0 atom stereocenters. The highest BCUT2D eigenvalue weighted by molar-refractivity contribution is 5.95. The second-order valence-electron chi connectivity index (χ2n) is 5.22. The van der Waals surface area contributed by atoms with Crippen LogP contribution in [0.5, 0.6) is 5.75 Å². The van der Waals surface area contributed by atoms with Gasteiger partial charge >= 0.3 is 0 Å². The molecule has 0 aliphatic carbocycles. The number of hydrogen-bond acceptors (Lipinski definition) is 3. The summed E-state index contributed by atoms with van der Waals surface area (Å²) in [6.07, 6.45) is 2.46. The second kappa shape index (κ2) is 7.11. The van der Waals surface area contributed by atoms with Crippen LogP contribution in [-0.4, -0.2) is 25.0 Å². The first-order valence-electron chi connectivity index (χ1n) is 7.47. The normalized spacial score (nSPS) is 13.4. The van der Waals surface area contributed by atoms with Crippen molar-refractivity contribution in [2.45, 2.75) is 33.1 Å². The molecule has 2 rings (SSSR count). The maximum absolute atomic E-state index is 11.9. The number of carbonyl (C=O) groups is 2. The van der Waals surface area contributed by atoms with Gasteiger partial charge in [0.1, 0.15) is 5.75 Å². The van der Waals surface area contributed by atoms with E-state index in [1.165, 1.54) is 0 Å². The topological polar surface area (TPSA) is 67.4 Å². The maximum atomic E-state index is 11.9. The summed E-state index contributed by atoms with van der Waals surface area (Å²) in [4.78, 5) is 23.2. The quantitative estimate of drug-likeness (QED) is 0.843. The van der Waals surface area contributed by atoms with E-state index in [0.717, 1.165) is 24.8 Å². The minimum atomic E-state index is -0.137. The van der Waals surface area contributed by atoms with Gasteiger partial charge in [-0.25, -0.2) is 0 Å². The maximum Gasteiger partial charge on any atom is 0.262 e. The fraction of sp³-hybridized carbons (Fsp3) is 0.500. The molecule has 1 heterocycles. The molecule has 0 bridgehead atoms. The van der Waals surface area contributed by atoms with Gasteiger partial charge in [-0.3, -0.25) is 9.59 Å². The van der Waals surface area contributed by atoms with Crippen LogP contribution in [-0.2, 0) is 16.0 Å². The molecule has 114 valence electrons. The predicted molar refractivity (Wildman–Crippen MR) is 81.4 cm³/mol. The van der Waals surface area contributed by atoms with Crippen molar-refractivity contribution in [3.05, 3.63) is 23.8 Å².